The van der Waals surface area contributed by atoms with E-state index in [0.717, 1.165) is 0 Å². The van der Waals surface area contributed by atoms with Crippen LogP contribution >= 0.6 is 0 Å². The van der Waals surface area contributed by atoms with Crippen LogP contribution in [0, 0.1) is 5.92 Å². The van der Waals surface area contributed by atoms with Gasteiger partial charge in [-0.3, -0.25) is 9.48 Å². The van der Waals surface area contributed by atoms with Crippen LogP contribution in [0.5, 0.6) is 0 Å². The van der Waals surface area contributed by atoms with Crippen molar-refractivity contribution in [2.75, 3.05) is 21.2 Å². The van der Waals surface area contributed by atoms with Crippen LogP contribution in [0.4, 0.5) is 0 Å². The first-order valence-corrected chi connectivity index (χ1v) is 6.21. The minimum Gasteiger partial charge on any atom is -0.467 e. The molecule has 1 aromatic heterocycles. The Hall–Kier alpha value is -1.85. The summed E-state index contributed by atoms with van der Waals surface area (Å²) in [5.74, 6) is -0.214. The van der Waals surface area contributed by atoms with E-state index < -0.39 is 6.04 Å². The van der Waals surface area contributed by atoms with Gasteiger partial charge in [-0.2, -0.15) is 5.10 Å². The van der Waals surface area contributed by atoms with Crippen LogP contribution in [0.1, 0.15) is 36.8 Å². The Balaban J connectivity index is 2.98. The smallest absolute Gasteiger partial charge is 0.330 e. The second-order valence-corrected chi connectivity index (χ2v) is 5.05. The normalized spacial score (nSPS) is 12.3. The van der Waals surface area contributed by atoms with E-state index in [0.29, 0.717) is 18.0 Å². The molecule has 106 valence electrons. The molecule has 6 heteroatoms. The maximum atomic E-state index is 11.8. The zero-order valence-corrected chi connectivity index (χ0v) is 12.1. The molecular formula is C13H21N3O3. The second-order valence-electron chi connectivity index (χ2n) is 5.05. The molecule has 0 spiro atoms. The Morgan fingerprint density at radius 2 is 2.05 bits per heavy atom. The maximum absolute atomic E-state index is 11.8. The van der Waals surface area contributed by atoms with Gasteiger partial charge in [0.15, 0.2) is 0 Å². The van der Waals surface area contributed by atoms with Crippen molar-refractivity contribution in [2.45, 2.75) is 26.3 Å². The second kappa shape index (κ2) is 6.36. The molecule has 1 unspecified atom stereocenters. The summed E-state index contributed by atoms with van der Waals surface area (Å²) in [5.41, 5.74) is 0.322. The van der Waals surface area contributed by atoms with Gasteiger partial charge in [0, 0.05) is 20.3 Å². The van der Waals surface area contributed by atoms with Crippen LogP contribution < -0.4 is 0 Å². The molecule has 0 aromatic carbocycles. The van der Waals surface area contributed by atoms with E-state index in [4.69, 9.17) is 4.74 Å². The summed E-state index contributed by atoms with van der Waals surface area (Å²) >= 11 is 0. The molecule has 0 N–H and O–H groups in total. The van der Waals surface area contributed by atoms with Gasteiger partial charge in [0.25, 0.3) is 5.91 Å². The Labute approximate surface area is 113 Å². The average molecular weight is 267 g/mol. The molecular weight excluding hydrogens is 246 g/mol. The fraction of sp³-hybridized carbons (Fsp3) is 0.615. The van der Waals surface area contributed by atoms with Gasteiger partial charge >= 0.3 is 5.97 Å². The predicted molar refractivity (Wildman–Crippen MR) is 70.8 cm³/mol. The number of methoxy groups -OCH3 is 1. The number of hydrogen-bond acceptors (Lipinski definition) is 4. The number of esters is 1. The largest absolute Gasteiger partial charge is 0.467 e. The van der Waals surface area contributed by atoms with E-state index in [1.54, 1.807) is 26.4 Å². The first-order valence-electron chi connectivity index (χ1n) is 6.21. The summed E-state index contributed by atoms with van der Waals surface area (Å²) in [7, 11) is 4.67. The van der Waals surface area contributed by atoms with Gasteiger partial charge < -0.3 is 9.64 Å². The Kier molecular flexibility index (Phi) is 5.09. The molecule has 0 fully saturated rings. The molecule has 1 atom stereocenters. The van der Waals surface area contributed by atoms with Crippen LogP contribution in [0.3, 0.4) is 0 Å². The third-order valence-electron chi connectivity index (χ3n) is 2.72. The quantitative estimate of drug-likeness (QED) is 0.755. The summed E-state index contributed by atoms with van der Waals surface area (Å²) < 4.78 is 6.29. The zero-order valence-electron chi connectivity index (χ0n) is 12.1. The molecule has 1 heterocycles. The van der Waals surface area contributed by atoms with Crippen molar-refractivity contribution < 1.29 is 14.3 Å². The lowest BCUT2D eigenvalue weighted by molar-refractivity contribution is -0.145. The lowest BCUT2D eigenvalue weighted by Gasteiger charge is -2.17. The number of nitrogens with zero attached hydrogens (tertiary/aromatic N) is 3. The maximum Gasteiger partial charge on any atom is 0.330 e. The first-order chi connectivity index (χ1) is 8.86. The minimum atomic E-state index is -0.492. The van der Waals surface area contributed by atoms with Crippen LogP contribution in [0.2, 0.25) is 0 Å². The van der Waals surface area contributed by atoms with Crippen LogP contribution in [0.25, 0.3) is 0 Å². The highest BCUT2D eigenvalue weighted by molar-refractivity contribution is 5.91. The summed E-state index contributed by atoms with van der Waals surface area (Å²) in [6.45, 7) is 4.04. The summed E-state index contributed by atoms with van der Waals surface area (Å²) in [6, 6.07) is 1.12. The molecule has 0 aliphatic rings. The topological polar surface area (TPSA) is 64.4 Å². The van der Waals surface area contributed by atoms with E-state index in [-0.39, 0.29) is 11.9 Å². The Morgan fingerprint density at radius 3 is 2.53 bits per heavy atom. The van der Waals surface area contributed by atoms with Gasteiger partial charge in [0.2, 0.25) is 0 Å². The van der Waals surface area contributed by atoms with Gasteiger partial charge in [0.05, 0.1) is 7.11 Å². The number of aromatic nitrogens is 2. The van der Waals surface area contributed by atoms with Crippen LogP contribution in [-0.4, -0.2) is 47.8 Å². The zero-order chi connectivity index (χ0) is 14.6. The number of hydrogen-bond donors (Lipinski definition) is 0. The molecule has 0 radical (unpaired) electrons. The van der Waals surface area contributed by atoms with Crippen molar-refractivity contribution >= 4 is 11.9 Å². The SMILES string of the molecule is COC(=O)C(CC(C)C)n1ccc(C(=O)N(C)C)n1. The molecule has 0 saturated carbocycles. The number of carbonyl (C=O) groups is 2. The van der Waals surface area contributed by atoms with E-state index in [2.05, 4.69) is 5.10 Å². The highest BCUT2D eigenvalue weighted by atomic mass is 16.5. The number of rotatable bonds is 5. The Bertz CT molecular complexity index is 452. The average Bonchev–Trinajstić information content (AvgIpc) is 2.82. The number of carbonyl (C=O) groups excluding carboxylic acids is 2. The van der Waals surface area contributed by atoms with Crippen molar-refractivity contribution in [1.82, 2.24) is 14.7 Å². The van der Waals surface area contributed by atoms with Crippen molar-refractivity contribution in [3.8, 4) is 0 Å². The molecule has 0 saturated heterocycles. The molecule has 1 rings (SSSR count). The van der Waals surface area contributed by atoms with Gasteiger partial charge in [0.1, 0.15) is 11.7 Å². The van der Waals surface area contributed by atoms with Gasteiger partial charge in [-0.25, -0.2) is 4.79 Å². The molecule has 0 aliphatic heterocycles. The lowest BCUT2D eigenvalue weighted by atomic mass is 10.0. The predicted octanol–water partition coefficient (Wildman–Crippen LogP) is 1.35. The lowest BCUT2D eigenvalue weighted by Crippen LogP contribution is -2.25. The molecule has 6 nitrogen and oxygen atoms in total. The van der Waals surface area contributed by atoms with E-state index in [9.17, 15) is 9.59 Å². The fourth-order valence-corrected chi connectivity index (χ4v) is 1.75. The summed E-state index contributed by atoms with van der Waals surface area (Å²) in [6.07, 6.45) is 2.25. The van der Waals surface area contributed by atoms with Gasteiger partial charge in [-0.15, -0.1) is 0 Å². The minimum absolute atomic E-state index is 0.188. The molecule has 1 amide bonds. The molecule has 0 bridgehead atoms. The molecule has 19 heavy (non-hydrogen) atoms. The van der Waals surface area contributed by atoms with E-state index >= 15 is 0 Å². The third-order valence-corrected chi connectivity index (χ3v) is 2.72. The fourth-order valence-electron chi connectivity index (χ4n) is 1.75. The highest BCUT2D eigenvalue weighted by Crippen LogP contribution is 2.19. The van der Waals surface area contributed by atoms with Crippen molar-refractivity contribution in [3.05, 3.63) is 18.0 Å². The van der Waals surface area contributed by atoms with Crippen molar-refractivity contribution in [1.29, 1.82) is 0 Å². The third kappa shape index (κ3) is 3.81. The van der Waals surface area contributed by atoms with E-state index in [1.807, 2.05) is 13.8 Å². The highest BCUT2D eigenvalue weighted by Gasteiger charge is 2.24. The van der Waals surface area contributed by atoms with Crippen molar-refractivity contribution in [2.24, 2.45) is 5.92 Å². The molecule has 0 aliphatic carbocycles. The Morgan fingerprint density at radius 1 is 1.42 bits per heavy atom. The van der Waals surface area contributed by atoms with Gasteiger partial charge in [-0.05, 0) is 18.4 Å². The standard InChI is InChI=1S/C13H21N3O3/c1-9(2)8-11(13(18)19-5)16-7-6-10(14-16)12(17)15(3)4/h6-7,9,11H,8H2,1-5H3. The molecule has 1 aromatic rings. The van der Waals surface area contributed by atoms with E-state index in [1.165, 1.54) is 16.7 Å². The van der Waals surface area contributed by atoms with Crippen LogP contribution in [-0.2, 0) is 9.53 Å². The van der Waals surface area contributed by atoms with Crippen molar-refractivity contribution in [3.63, 3.8) is 0 Å². The summed E-state index contributed by atoms with van der Waals surface area (Å²) in [5, 5.41) is 4.18. The number of amides is 1. The van der Waals surface area contributed by atoms with Gasteiger partial charge in [-0.1, -0.05) is 13.8 Å². The first kappa shape index (κ1) is 15.2. The summed E-state index contributed by atoms with van der Waals surface area (Å²) in [4.78, 5) is 25.0. The number of ether oxygens (including phenoxy) is 1. The monoisotopic (exact) mass is 267 g/mol. The van der Waals surface area contributed by atoms with Crippen LogP contribution in [0.15, 0.2) is 12.3 Å².